The van der Waals surface area contributed by atoms with Gasteiger partial charge in [-0.25, -0.2) is 14.8 Å². The Labute approximate surface area is 132 Å². The summed E-state index contributed by atoms with van der Waals surface area (Å²) in [6.07, 6.45) is 1.61. The van der Waals surface area contributed by atoms with Gasteiger partial charge in [0.15, 0.2) is 11.5 Å². The first-order chi connectivity index (χ1) is 11.1. The van der Waals surface area contributed by atoms with E-state index in [2.05, 4.69) is 15.3 Å². The van der Waals surface area contributed by atoms with E-state index in [1.165, 1.54) is 9.13 Å². The number of hydrogen-bond acceptors (Lipinski definition) is 4. The third kappa shape index (κ3) is 2.73. The largest absolute Gasteiger partial charge is 0.355 e. The molecule has 0 unspecified atom stereocenters. The van der Waals surface area contributed by atoms with Crippen molar-refractivity contribution in [2.45, 2.75) is 13.5 Å². The van der Waals surface area contributed by atoms with Crippen LogP contribution in [-0.2, 0) is 18.4 Å². The lowest BCUT2D eigenvalue weighted by Crippen LogP contribution is -2.32. The number of hydrogen-bond donors (Lipinski definition) is 1. The van der Waals surface area contributed by atoms with Crippen molar-refractivity contribution in [3.05, 3.63) is 47.0 Å². The zero-order chi connectivity index (χ0) is 16.4. The van der Waals surface area contributed by atoms with Gasteiger partial charge in [-0.3, -0.25) is 13.9 Å². The van der Waals surface area contributed by atoms with Gasteiger partial charge in [-0.05, 0) is 6.92 Å². The molecule has 0 aliphatic heterocycles. The van der Waals surface area contributed by atoms with Crippen molar-refractivity contribution in [3.8, 4) is 11.4 Å². The predicted molar refractivity (Wildman–Crippen MR) is 86.9 cm³/mol. The highest BCUT2D eigenvalue weighted by molar-refractivity contribution is 5.79. The maximum absolute atomic E-state index is 12.4. The summed E-state index contributed by atoms with van der Waals surface area (Å²) in [4.78, 5) is 33.0. The van der Waals surface area contributed by atoms with Gasteiger partial charge < -0.3 is 5.32 Å². The molecule has 0 saturated carbocycles. The highest BCUT2D eigenvalue weighted by atomic mass is 16.2. The van der Waals surface area contributed by atoms with Crippen molar-refractivity contribution in [1.82, 2.24) is 24.4 Å². The van der Waals surface area contributed by atoms with E-state index in [4.69, 9.17) is 0 Å². The molecule has 2 aromatic heterocycles. The normalized spacial score (nSPS) is 10.9. The van der Waals surface area contributed by atoms with Crippen LogP contribution in [0.1, 0.15) is 6.92 Å². The van der Waals surface area contributed by atoms with Crippen molar-refractivity contribution >= 4 is 17.1 Å². The molecule has 7 nitrogen and oxygen atoms in total. The average Bonchev–Trinajstić information content (AvgIpc) is 2.80. The van der Waals surface area contributed by atoms with Gasteiger partial charge in [-0.1, -0.05) is 30.3 Å². The monoisotopic (exact) mass is 311 g/mol. The smallest absolute Gasteiger partial charge is 0.330 e. The van der Waals surface area contributed by atoms with Crippen LogP contribution in [0.5, 0.6) is 0 Å². The van der Waals surface area contributed by atoms with Gasteiger partial charge in [-0.2, -0.15) is 0 Å². The number of nitrogens with one attached hydrogen (secondary N) is 1. The van der Waals surface area contributed by atoms with Crippen molar-refractivity contribution < 1.29 is 4.79 Å². The van der Waals surface area contributed by atoms with Gasteiger partial charge >= 0.3 is 5.69 Å². The standard InChI is InChI=1S/C16H17N5O2/c1-3-17-13(22)10-21-15-12(20(2)16(21)23)9-18-14(19-15)11-7-5-4-6-8-11/h4-9H,3,10H2,1-2H3,(H,17,22). The van der Waals surface area contributed by atoms with E-state index < -0.39 is 0 Å². The van der Waals surface area contributed by atoms with Gasteiger partial charge in [0.05, 0.1) is 6.20 Å². The predicted octanol–water partition coefficient (Wildman–Crippen LogP) is 0.933. The van der Waals surface area contributed by atoms with E-state index >= 15 is 0 Å². The van der Waals surface area contributed by atoms with Crippen molar-refractivity contribution in [2.75, 3.05) is 6.54 Å². The van der Waals surface area contributed by atoms with E-state index in [0.29, 0.717) is 23.5 Å². The van der Waals surface area contributed by atoms with Gasteiger partial charge in [0.1, 0.15) is 12.1 Å². The fraction of sp³-hybridized carbons (Fsp3) is 0.250. The van der Waals surface area contributed by atoms with Gasteiger partial charge in [-0.15, -0.1) is 0 Å². The molecular weight excluding hydrogens is 294 g/mol. The summed E-state index contributed by atoms with van der Waals surface area (Å²) < 4.78 is 2.82. The quantitative estimate of drug-likeness (QED) is 0.777. The Morgan fingerprint density at radius 1 is 1.26 bits per heavy atom. The Hall–Kier alpha value is -2.96. The zero-order valence-corrected chi connectivity index (χ0v) is 13.0. The van der Waals surface area contributed by atoms with Crippen LogP contribution < -0.4 is 11.0 Å². The summed E-state index contributed by atoms with van der Waals surface area (Å²) in [5.74, 6) is 0.301. The number of nitrogens with zero attached hydrogens (tertiary/aromatic N) is 4. The van der Waals surface area contributed by atoms with E-state index in [9.17, 15) is 9.59 Å². The molecule has 118 valence electrons. The van der Waals surface area contributed by atoms with Gasteiger partial charge in [0, 0.05) is 19.2 Å². The van der Waals surface area contributed by atoms with Crippen LogP contribution in [-0.4, -0.2) is 31.6 Å². The number of carbonyl (C=O) groups is 1. The number of likely N-dealkylation sites (N-methyl/N-ethyl adjacent to an activating group) is 1. The van der Waals surface area contributed by atoms with Crippen LogP contribution in [0.25, 0.3) is 22.6 Å². The molecule has 0 aliphatic carbocycles. The molecule has 1 N–H and O–H groups in total. The Kier molecular flexibility index (Phi) is 3.92. The summed E-state index contributed by atoms with van der Waals surface area (Å²) in [6.45, 7) is 2.29. The van der Waals surface area contributed by atoms with Crippen LogP contribution in [0.15, 0.2) is 41.3 Å². The lowest BCUT2D eigenvalue weighted by atomic mass is 10.2. The minimum absolute atomic E-state index is 0.0603. The number of aromatic nitrogens is 4. The highest BCUT2D eigenvalue weighted by Crippen LogP contribution is 2.17. The summed E-state index contributed by atoms with van der Waals surface area (Å²) in [5.41, 5.74) is 1.62. The number of aryl methyl sites for hydroxylation is 1. The molecule has 0 fully saturated rings. The lowest BCUT2D eigenvalue weighted by Gasteiger charge is -2.04. The summed E-state index contributed by atoms with van der Waals surface area (Å²) in [6, 6.07) is 9.51. The zero-order valence-electron chi connectivity index (χ0n) is 13.0. The van der Waals surface area contributed by atoms with E-state index in [0.717, 1.165) is 5.56 Å². The summed E-state index contributed by atoms with van der Waals surface area (Å²) in [7, 11) is 1.64. The first-order valence-electron chi connectivity index (χ1n) is 7.36. The molecule has 0 spiro atoms. The van der Waals surface area contributed by atoms with Crippen molar-refractivity contribution in [3.63, 3.8) is 0 Å². The number of carbonyl (C=O) groups excluding carboxylic acids is 1. The van der Waals surface area contributed by atoms with Crippen molar-refractivity contribution in [1.29, 1.82) is 0 Å². The Bertz CT molecular complexity index is 911. The molecule has 1 amide bonds. The summed E-state index contributed by atoms with van der Waals surface area (Å²) >= 11 is 0. The molecule has 3 rings (SSSR count). The number of rotatable bonds is 4. The lowest BCUT2D eigenvalue weighted by molar-refractivity contribution is -0.121. The average molecular weight is 311 g/mol. The molecule has 23 heavy (non-hydrogen) atoms. The molecular formula is C16H17N5O2. The molecule has 7 heteroatoms. The van der Waals surface area contributed by atoms with E-state index in [1.54, 1.807) is 13.2 Å². The second-order valence-electron chi connectivity index (χ2n) is 5.15. The third-order valence-corrected chi connectivity index (χ3v) is 3.59. The first kappa shape index (κ1) is 15.0. The SMILES string of the molecule is CCNC(=O)Cn1c(=O)n(C)c2cnc(-c3ccccc3)nc21. The van der Waals surface area contributed by atoms with Crippen LogP contribution in [0.3, 0.4) is 0 Å². The molecule has 0 aliphatic rings. The molecule has 1 aromatic carbocycles. The maximum atomic E-state index is 12.4. The Morgan fingerprint density at radius 2 is 2.00 bits per heavy atom. The van der Waals surface area contributed by atoms with Gasteiger partial charge in [0.25, 0.3) is 0 Å². The number of benzene rings is 1. The van der Waals surface area contributed by atoms with Crippen LogP contribution in [0.2, 0.25) is 0 Å². The fourth-order valence-corrected chi connectivity index (χ4v) is 2.44. The van der Waals surface area contributed by atoms with E-state index in [1.807, 2.05) is 37.3 Å². The second-order valence-corrected chi connectivity index (χ2v) is 5.15. The topological polar surface area (TPSA) is 81.8 Å². The molecule has 0 saturated heterocycles. The molecule has 0 bridgehead atoms. The van der Waals surface area contributed by atoms with Crippen molar-refractivity contribution in [2.24, 2.45) is 7.05 Å². The van der Waals surface area contributed by atoms with E-state index in [-0.39, 0.29) is 18.1 Å². The first-order valence-corrected chi connectivity index (χ1v) is 7.36. The number of amides is 1. The second kappa shape index (κ2) is 6.04. The highest BCUT2D eigenvalue weighted by Gasteiger charge is 2.16. The maximum Gasteiger partial charge on any atom is 0.330 e. The molecule has 2 heterocycles. The Morgan fingerprint density at radius 3 is 2.70 bits per heavy atom. The number of imidazole rings is 1. The number of fused-ring (bicyclic) bond motifs is 1. The Balaban J connectivity index is 2.13. The minimum Gasteiger partial charge on any atom is -0.355 e. The molecule has 0 atom stereocenters. The van der Waals surface area contributed by atoms with Crippen LogP contribution in [0.4, 0.5) is 0 Å². The third-order valence-electron chi connectivity index (χ3n) is 3.59. The molecule has 3 aromatic rings. The summed E-state index contributed by atoms with van der Waals surface area (Å²) in [5, 5.41) is 2.69. The fourth-order valence-electron chi connectivity index (χ4n) is 2.44. The van der Waals surface area contributed by atoms with Gasteiger partial charge in [0.2, 0.25) is 5.91 Å². The van der Waals surface area contributed by atoms with Crippen LogP contribution in [0, 0.1) is 0 Å². The van der Waals surface area contributed by atoms with Crippen LogP contribution >= 0.6 is 0 Å². The minimum atomic E-state index is -0.286. The molecule has 0 radical (unpaired) electrons.